The Kier molecular flexibility index (Phi) is 5.33. The summed E-state index contributed by atoms with van der Waals surface area (Å²) in [6.07, 6.45) is 4.51. The van der Waals surface area contributed by atoms with Crippen LogP contribution in [0.3, 0.4) is 0 Å². The van der Waals surface area contributed by atoms with Gasteiger partial charge in [-0.15, -0.1) is 0 Å². The molecule has 2 heterocycles. The predicted molar refractivity (Wildman–Crippen MR) is 109 cm³/mol. The maximum atomic E-state index is 12.7. The third kappa shape index (κ3) is 4.16. The van der Waals surface area contributed by atoms with E-state index in [1.807, 2.05) is 42.5 Å². The van der Waals surface area contributed by atoms with Crippen molar-refractivity contribution >= 4 is 28.7 Å². The van der Waals surface area contributed by atoms with Crippen LogP contribution in [0.5, 0.6) is 11.5 Å². The second-order valence-corrected chi connectivity index (χ2v) is 6.78. The lowest BCUT2D eigenvalue weighted by Gasteiger charge is -2.10. The lowest BCUT2D eigenvalue weighted by atomic mass is 10.1. The highest BCUT2D eigenvalue weighted by atomic mass is 16.5. The highest BCUT2D eigenvalue weighted by molar-refractivity contribution is 6.10. The van der Waals surface area contributed by atoms with E-state index in [1.165, 1.54) is 6.08 Å². The van der Waals surface area contributed by atoms with Crippen molar-refractivity contribution in [2.24, 2.45) is 0 Å². The normalized spacial score (nSPS) is 14.5. The van der Waals surface area contributed by atoms with Crippen LogP contribution >= 0.6 is 0 Å². The number of aromatic amines is 1. The number of ketones is 1. The Balaban J connectivity index is 1.41. The van der Waals surface area contributed by atoms with Crippen molar-refractivity contribution in [3.63, 3.8) is 0 Å². The molecule has 148 valence electrons. The van der Waals surface area contributed by atoms with Gasteiger partial charge in [0.1, 0.15) is 0 Å². The molecule has 6 heteroatoms. The molecular formula is C23H21NO5. The minimum Gasteiger partial charge on any atom is -0.490 e. The van der Waals surface area contributed by atoms with Crippen LogP contribution in [0.15, 0.2) is 54.7 Å². The molecule has 0 fully saturated rings. The summed E-state index contributed by atoms with van der Waals surface area (Å²) in [6, 6.07) is 13.0. The molecular weight excluding hydrogens is 370 g/mol. The minimum atomic E-state index is -0.893. The van der Waals surface area contributed by atoms with Crippen molar-refractivity contribution in [3.05, 3.63) is 65.9 Å². The van der Waals surface area contributed by atoms with Gasteiger partial charge in [-0.25, -0.2) is 4.79 Å². The quantitative estimate of drug-likeness (QED) is 0.401. The molecule has 0 aliphatic carbocycles. The number of hydrogen-bond donors (Lipinski definition) is 1. The zero-order valence-electron chi connectivity index (χ0n) is 16.0. The summed E-state index contributed by atoms with van der Waals surface area (Å²) >= 11 is 0. The number of nitrogens with one attached hydrogen (secondary N) is 1. The van der Waals surface area contributed by atoms with E-state index in [4.69, 9.17) is 14.2 Å². The fourth-order valence-electron chi connectivity index (χ4n) is 3.21. The van der Waals surface area contributed by atoms with Gasteiger partial charge in [-0.2, -0.15) is 0 Å². The van der Waals surface area contributed by atoms with E-state index in [0.29, 0.717) is 30.3 Å². The molecule has 1 atom stereocenters. The molecule has 29 heavy (non-hydrogen) atoms. The molecule has 2 aromatic carbocycles. The maximum absolute atomic E-state index is 12.7. The van der Waals surface area contributed by atoms with Crippen molar-refractivity contribution in [1.82, 2.24) is 4.98 Å². The average molecular weight is 391 g/mol. The Morgan fingerprint density at radius 3 is 2.76 bits per heavy atom. The molecule has 0 saturated carbocycles. The van der Waals surface area contributed by atoms with E-state index >= 15 is 0 Å². The van der Waals surface area contributed by atoms with E-state index in [0.717, 1.165) is 22.9 Å². The fraction of sp³-hybridized carbons (Fsp3) is 0.217. The van der Waals surface area contributed by atoms with Crippen molar-refractivity contribution < 1.29 is 23.8 Å². The molecule has 0 amide bonds. The van der Waals surface area contributed by atoms with E-state index in [1.54, 1.807) is 19.2 Å². The molecule has 0 spiro atoms. The number of Topliss-reactive ketones (excluding diaryl/α,β-unsaturated/α-hetero) is 1. The Hall–Kier alpha value is -3.54. The first kappa shape index (κ1) is 18.8. The molecule has 3 aromatic rings. The van der Waals surface area contributed by atoms with Crippen molar-refractivity contribution in [2.75, 3.05) is 13.2 Å². The number of H-pyrrole nitrogens is 1. The van der Waals surface area contributed by atoms with Gasteiger partial charge in [0.05, 0.1) is 13.2 Å². The first-order chi connectivity index (χ1) is 14.1. The lowest BCUT2D eigenvalue weighted by Crippen LogP contribution is -2.23. The summed E-state index contributed by atoms with van der Waals surface area (Å²) in [5.41, 5.74) is 2.15. The number of carbonyl (C=O) groups excluding carboxylic acids is 2. The summed E-state index contributed by atoms with van der Waals surface area (Å²) in [6.45, 7) is 2.79. The fourth-order valence-corrected chi connectivity index (χ4v) is 3.21. The third-order valence-corrected chi connectivity index (χ3v) is 4.70. The number of hydrogen-bond acceptors (Lipinski definition) is 5. The van der Waals surface area contributed by atoms with Gasteiger partial charge in [-0.3, -0.25) is 4.79 Å². The number of benzene rings is 2. The third-order valence-electron chi connectivity index (χ3n) is 4.70. The average Bonchev–Trinajstić information content (AvgIpc) is 3.02. The summed E-state index contributed by atoms with van der Waals surface area (Å²) in [4.78, 5) is 27.9. The maximum Gasteiger partial charge on any atom is 0.331 e. The SMILES string of the molecule is C[C@@H](OC(=O)/C=C/c1ccc2c(c1)OCCCO2)C(=O)c1c[nH]c2ccccc12. The van der Waals surface area contributed by atoms with E-state index in [9.17, 15) is 9.59 Å². The summed E-state index contributed by atoms with van der Waals surface area (Å²) < 4.78 is 16.5. The largest absolute Gasteiger partial charge is 0.490 e. The second kappa shape index (κ2) is 8.22. The summed E-state index contributed by atoms with van der Waals surface area (Å²) in [5, 5.41) is 0.808. The first-order valence-electron chi connectivity index (χ1n) is 9.50. The van der Waals surface area contributed by atoms with Crippen LogP contribution in [-0.2, 0) is 9.53 Å². The molecule has 6 nitrogen and oxygen atoms in total. The molecule has 1 N–H and O–H groups in total. The number of esters is 1. The smallest absolute Gasteiger partial charge is 0.331 e. The van der Waals surface area contributed by atoms with Crippen LogP contribution in [0.25, 0.3) is 17.0 Å². The highest BCUT2D eigenvalue weighted by Gasteiger charge is 2.21. The van der Waals surface area contributed by atoms with E-state index in [-0.39, 0.29) is 5.78 Å². The van der Waals surface area contributed by atoms with Gasteiger partial charge in [-0.1, -0.05) is 24.3 Å². The van der Waals surface area contributed by atoms with Crippen LogP contribution < -0.4 is 9.47 Å². The number of ether oxygens (including phenoxy) is 3. The number of carbonyl (C=O) groups is 2. The number of para-hydroxylation sites is 1. The topological polar surface area (TPSA) is 77.6 Å². The van der Waals surface area contributed by atoms with Gasteiger partial charge in [0, 0.05) is 35.2 Å². The monoisotopic (exact) mass is 391 g/mol. The van der Waals surface area contributed by atoms with Gasteiger partial charge in [0.25, 0.3) is 0 Å². The molecule has 0 radical (unpaired) electrons. The van der Waals surface area contributed by atoms with Crippen LogP contribution in [-0.4, -0.2) is 36.1 Å². The zero-order valence-corrected chi connectivity index (χ0v) is 16.0. The molecule has 0 bridgehead atoms. The predicted octanol–water partition coefficient (Wildman–Crippen LogP) is 4.16. The first-order valence-corrected chi connectivity index (χ1v) is 9.50. The number of aromatic nitrogens is 1. The van der Waals surface area contributed by atoms with Crippen molar-refractivity contribution in [1.29, 1.82) is 0 Å². The standard InChI is InChI=1S/C23H21NO5/c1-15(23(26)18-14-24-19-6-3-2-5-17(18)19)29-22(25)10-8-16-7-9-20-21(13-16)28-12-4-11-27-20/h2-3,5-10,13-15,24H,4,11-12H2,1H3/b10-8+/t15-/m1/s1. The van der Waals surface area contributed by atoms with Crippen molar-refractivity contribution in [3.8, 4) is 11.5 Å². The Labute approximate surface area is 168 Å². The number of fused-ring (bicyclic) bond motifs is 2. The number of rotatable bonds is 5. The van der Waals surface area contributed by atoms with Crippen LogP contribution in [0.4, 0.5) is 0 Å². The molecule has 4 rings (SSSR count). The summed E-state index contributed by atoms with van der Waals surface area (Å²) in [7, 11) is 0. The van der Waals surface area contributed by atoms with E-state index < -0.39 is 12.1 Å². The van der Waals surface area contributed by atoms with Crippen LogP contribution in [0.2, 0.25) is 0 Å². The molecule has 0 unspecified atom stereocenters. The van der Waals surface area contributed by atoms with Gasteiger partial charge in [-0.05, 0) is 36.8 Å². The molecule has 0 saturated heterocycles. The highest BCUT2D eigenvalue weighted by Crippen LogP contribution is 2.30. The molecule has 1 aliphatic rings. The van der Waals surface area contributed by atoms with E-state index in [2.05, 4.69) is 4.98 Å². The van der Waals surface area contributed by atoms with Crippen LogP contribution in [0, 0.1) is 0 Å². The van der Waals surface area contributed by atoms with Crippen LogP contribution in [0.1, 0.15) is 29.3 Å². The Morgan fingerprint density at radius 1 is 1.10 bits per heavy atom. The minimum absolute atomic E-state index is 0.250. The zero-order chi connectivity index (χ0) is 20.2. The molecule has 1 aliphatic heterocycles. The van der Waals surface area contributed by atoms with Gasteiger partial charge in [0.15, 0.2) is 17.6 Å². The van der Waals surface area contributed by atoms with Gasteiger partial charge in [0.2, 0.25) is 5.78 Å². The van der Waals surface area contributed by atoms with Gasteiger partial charge < -0.3 is 19.2 Å². The molecule has 1 aromatic heterocycles. The lowest BCUT2D eigenvalue weighted by molar-refractivity contribution is -0.140. The van der Waals surface area contributed by atoms with Gasteiger partial charge >= 0.3 is 5.97 Å². The van der Waals surface area contributed by atoms with Crippen molar-refractivity contribution in [2.45, 2.75) is 19.4 Å². The Bertz CT molecular complexity index is 1080. The second-order valence-electron chi connectivity index (χ2n) is 6.78. The summed E-state index contributed by atoms with van der Waals surface area (Å²) in [5.74, 6) is 0.513. The Morgan fingerprint density at radius 2 is 1.90 bits per heavy atom.